The van der Waals surface area contributed by atoms with E-state index in [-0.39, 0.29) is 0 Å². The van der Waals surface area contributed by atoms with E-state index in [1.165, 1.54) is 4.88 Å². The highest BCUT2D eigenvalue weighted by Crippen LogP contribution is 2.30. The van der Waals surface area contributed by atoms with Gasteiger partial charge in [0.05, 0.1) is 0 Å². The predicted molar refractivity (Wildman–Crippen MR) is 66.4 cm³/mol. The van der Waals surface area contributed by atoms with Crippen LogP contribution in [0.1, 0.15) is 28.3 Å². The van der Waals surface area contributed by atoms with Crippen molar-refractivity contribution in [2.75, 3.05) is 5.73 Å². The Labute approximate surface area is 98.6 Å². The number of anilines is 1. The maximum atomic E-state index is 10.2. The molecule has 3 nitrogen and oxygen atoms in total. The number of nitrogens with two attached hydrogens (primary N) is 1. The first kappa shape index (κ1) is 11.1. The van der Waals surface area contributed by atoms with E-state index in [2.05, 4.69) is 11.9 Å². The Morgan fingerprint density at radius 3 is 2.88 bits per heavy atom. The minimum absolute atomic E-state index is 0.578. The second-order valence-corrected chi connectivity index (χ2v) is 4.76. The average molecular weight is 234 g/mol. The highest BCUT2D eigenvalue weighted by Gasteiger charge is 2.15. The van der Waals surface area contributed by atoms with Crippen molar-refractivity contribution < 1.29 is 5.11 Å². The van der Waals surface area contributed by atoms with Crippen LogP contribution in [-0.2, 0) is 6.42 Å². The van der Waals surface area contributed by atoms with Crippen LogP contribution in [0.5, 0.6) is 0 Å². The number of nitrogens with zero attached hydrogens (tertiary/aromatic N) is 1. The standard InChI is InChI=1S/C12H14N2OS/c1-2-8-3-4-11(16-8)12(15)9-7-14-6-5-10(9)13/h3-7,12,15H,2H2,1H3,(H2,13,14). The first-order chi connectivity index (χ1) is 7.72. The van der Waals surface area contributed by atoms with E-state index in [0.717, 1.165) is 11.3 Å². The molecular weight excluding hydrogens is 220 g/mol. The van der Waals surface area contributed by atoms with Crippen LogP contribution in [0.15, 0.2) is 30.6 Å². The summed E-state index contributed by atoms with van der Waals surface area (Å²) in [4.78, 5) is 6.16. The lowest BCUT2D eigenvalue weighted by molar-refractivity contribution is 0.224. The first-order valence-electron chi connectivity index (χ1n) is 5.18. The molecule has 2 rings (SSSR count). The second kappa shape index (κ2) is 4.63. The van der Waals surface area contributed by atoms with Gasteiger partial charge in [-0.05, 0) is 24.6 Å². The number of thiophene rings is 1. The molecular formula is C12H14N2OS. The molecule has 0 aliphatic carbocycles. The van der Waals surface area contributed by atoms with Gasteiger partial charge in [-0.15, -0.1) is 11.3 Å². The molecule has 0 amide bonds. The van der Waals surface area contributed by atoms with Crippen LogP contribution in [0, 0.1) is 0 Å². The van der Waals surface area contributed by atoms with Gasteiger partial charge in [-0.1, -0.05) is 6.92 Å². The SMILES string of the molecule is CCc1ccc(C(O)c2cnccc2N)s1. The lowest BCUT2D eigenvalue weighted by atomic mass is 10.1. The van der Waals surface area contributed by atoms with E-state index in [4.69, 9.17) is 5.73 Å². The highest BCUT2D eigenvalue weighted by molar-refractivity contribution is 7.12. The van der Waals surface area contributed by atoms with Crippen LogP contribution in [0.3, 0.4) is 0 Å². The van der Waals surface area contributed by atoms with Crippen LogP contribution in [0.2, 0.25) is 0 Å². The third-order valence-corrected chi connectivity index (χ3v) is 3.76. The van der Waals surface area contributed by atoms with Gasteiger partial charge < -0.3 is 10.8 Å². The molecule has 0 radical (unpaired) electrons. The summed E-state index contributed by atoms with van der Waals surface area (Å²) < 4.78 is 0. The zero-order valence-electron chi connectivity index (χ0n) is 9.05. The molecule has 16 heavy (non-hydrogen) atoms. The Morgan fingerprint density at radius 2 is 2.25 bits per heavy atom. The molecule has 2 heterocycles. The number of aromatic nitrogens is 1. The van der Waals surface area contributed by atoms with Crippen molar-refractivity contribution in [1.82, 2.24) is 4.98 Å². The van der Waals surface area contributed by atoms with Crippen LogP contribution in [-0.4, -0.2) is 10.1 Å². The van der Waals surface area contributed by atoms with Crippen molar-refractivity contribution in [2.45, 2.75) is 19.4 Å². The summed E-state index contributed by atoms with van der Waals surface area (Å²) in [5, 5.41) is 10.2. The van der Waals surface area contributed by atoms with Crippen molar-refractivity contribution in [2.24, 2.45) is 0 Å². The van der Waals surface area contributed by atoms with Crippen molar-refractivity contribution in [1.29, 1.82) is 0 Å². The highest BCUT2D eigenvalue weighted by atomic mass is 32.1. The van der Waals surface area contributed by atoms with E-state index < -0.39 is 6.10 Å². The van der Waals surface area contributed by atoms with Crippen LogP contribution in [0.4, 0.5) is 5.69 Å². The second-order valence-electron chi connectivity index (χ2n) is 3.56. The fourth-order valence-electron chi connectivity index (χ4n) is 1.53. The molecule has 0 fully saturated rings. The van der Waals surface area contributed by atoms with Crippen LogP contribution in [0.25, 0.3) is 0 Å². The molecule has 1 atom stereocenters. The van der Waals surface area contributed by atoms with E-state index in [1.54, 1.807) is 29.8 Å². The Balaban J connectivity index is 2.31. The van der Waals surface area contributed by atoms with Crippen LogP contribution < -0.4 is 5.73 Å². The molecule has 0 spiro atoms. The summed E-state index contributed by atoms with van der Waals surface area (Å²) in [7, 11) is 0. The molecule has 3 N–H and O–H groups in total. The topological polar surface area (TPSA) is 59.1 Å². The van der Waals surface area contributed by atoms with E-state index >= 15 is 0 Å². The number of aliphatic hydroxyl groups excluding tert-OH is 1. The first-order valence-corrected chi connectivity index (χ1v) is 6.00. The van der Waals surface area contributed by atoms with Crippen molar-refractivity contribution in [3.05, 3.63) is 45.9 Å². The lowest BCUT2D eigenvalue weighted by Gasteiger charge is -2.10. The molecule has 0 aromatic carbocycles. The third kappa shape index (κ3) is 2.08. The number of hydrogen-bond donors (Lipinski definition) is 2. The summed E-state index contributed by atoms with van der Waals surface area (Å²) in [6, 6.07) is 5.68. The van der Waals surface area contributed by atoms with Crippen molar-refractivity contribution in [3.63, 3.8) is 0 Å². The number of nitrogen functional groups attached to an aromatic ring is 1. The Bertz CT molecular complexity index is 481. The van der Waals surface area contributed by atoms with Gasteiger partial charge in [0.2, 0.25) is 0 Å². The minimum Gasteiger partial charge on any atom is -0.398 e. The molecule has 2 aromatic rings. The summed E-state index contributed by atoms with van der Waals surface area (Å²) in [5.74, 6) is 0. The van der Waals surface area contributed by atoms with Gasteiger partial charge in [0.25, 0.3) is 0 Å². The molecule has 2 aromatic heterocycles. The van der Waals surface area contributed by atoms with Gasteiger partial charge in [0.15, 0.2) is 0 Å². The smallest absolute Gasteiger partial charge is 0.117 e. The summed E-state index contributed by atoms with van der Waals surface area (Å²) in [6.45, 7) is 2.10. The Morgan fingerprint density at radius 1 is 1.44 bits per heavy atom. The largest absolute Gasteiger partial charge is 0.398 e. The molecule has 0 aliphatic rings. The normalized spacial score (nSPS) is 12.6. The summed E-state index contributed by atoms with van der Waals surface area (Å²) >= 11 is 1.61. The van der Waals surface area contributed by atoms with Crippen molar-refractivity contribution in [3.8, 4) is 0 Å². The van der Waals surface area contributed by atoms with Crippen LogP contribution >= 0.6 is 11.3 Å². The molecule has 0 bridgehead atoms. The summed E-state index contributed by atoms with van der Waals surface area (Å²) in [6.07, 6.45) is 3.56. The van der Waals surface area contributed by atoms with E-state index in [9.17, 15) is 5.11 Å². The third-order valence-electron chi connectivity index (χ3n) is 2.48. The number of pyridine rings is 1. The van der Waals surface area contributed by atoms with Gasteiger partial charge in [-0.25, -0.2) is 0 Å². The Kier molecular flexibility index (Phi) is 3.22. The maximum Gasteiger partial charge on any atom is 0.117 e. The van der Waals surface area contributed by atoms with Gasteiger partial charge in [0.1, 0.15) is 6.10 Å². The van der Waals surface area contributed by atoms with Gasteiger partial charge in [-0.3, -0.25) is 4.98 Å². The van der Waals surface area contributed by atoms with E-state index in [1.807, 2.05) is 12.1 Å². The minimum atomic E-state index is -0.668. The van der Waals surface area contributed by atoms with Crippen molar-refractivity contribution >= 4 is 17.0 Å². The molecule has 84 valence electrons. The average Bonchev–Trinajstić information content (AvgIpc) is 2.77. The fraction of sp³-hybridized carbons (Fsp3) is 0.250. The number of rotatable bonds is 3. The molecule has 1 unspecified atom stereocenters. The number of aryl methyl sites for hydroxylation is 1. The van der Waals surface area contributed by atoms with Gasteiger partial charge >= 0.3 is 0 Å². The summed E-state index contributed by atoms with van der Waals surface area (Å²) in [5.41, 5.74) is 7.05. The monoisotopic (exact) mass is 234 g/mol. The fourth-order valence-corrected chi connectivity index (χ4v) is 2.49. The molecule has 4 heteroatoms. The predicted octanol–water partition coefficient (Wildman–Crippen LogP) is 2.37. The molecule has 0 saturated heterocycles. The quantitative estimate of drug-likeness (QED) is 0.857. The zero-order chi connectivity index (χ0) is 11.5. The van der Waals surface area contributed by atoms with Gasteiger partial charge in [0, 0.05) is 33.4 Å². The maximum absolute atomic E-state index is 10.2. The zero-order valence-corrected chi connectivity index (χ0v) is 9.87. The number of aliphatic hydroxyl groups is 1. The lowest BCUT2D eigenvalue weighted by Crippen LogP contribution is -2.02. The molecule has 0 aliphatic heterocycles. The Hall–Kier alpha value is -1.39. The molecule has 0 saturated carbocycles. The van der Waals surface area contributed by atoms with Gasteiger partial charge in [-0.2, -0.15) is 0 Å². The van der Waals surface area contributed by atoms with E-state index in [0.29, 0.717) is 11.3 Å². The number of hydrogen-bond acceptors (Lipinski definition) is 4.